The molecule has 270 valence electrons. The Hall–Kier alpha value is -7.34. The molecule has 0 aliphatic carbocycles. The fourth-order valence-electron chi connectivity index (χ4n) is 7.66. The van der Waals surface area contributed by atoms with Crippen LogP contribution in [0.2, 0.25) is 0 Å². The zero-order chi connectivity index (χ0) is 38.0. The molecule has 0 saturated heterocycles. The van der Waals surface area contributed by atoms with Crippen LogP contribution in [0.5, 0.6) is 0 Å². The molecule has 0 amide bonds. The number of para-hydroxylation sites is 1. The highest BCUT2D eigenvalue weighted by Crippen LogP contribution is 2.43. The first-order chi connectivity index (χ1) is 28.3. The molecule has 1 aromatic heterocycles. The first kappa shape index (κ1) is 34.2. The molecule has 4 nitrogen and oxygen atoms in total. The lowest BCUT2D eigenvalue weighted by atomic mass is 10.0. The Labute approximate surface area is 336 Å². The molecule has 0 aliphatic rings. The predicted octanol–water partition coefficient (Wildman–Crippen LogP) is 14.8. The van der Waals surface area contributed by atoms with E-state index in [0.29, 0.717) is 0 Å². The summed E-state index contributed by atoms with van der Waals surface area (Å²) in [5.41, 5.74) is 10.9. The summed E-state index contributed by atoms with van der Waals surface area (Å²) in [5, 5.41) is 5.69. The maximum Gasteiger partial charge on any atom is 0.173 e. The number of fused-ring (bicyclic) bond motifs is 2. The Kier molecular flexibility index (Phi) is 9.03. The van der Waals surface area contributed by atoms with Crippen molar-refractivity contribution in [2.75, 3.05) is 9.80 Å². The van der Waals surface area contributed by atoms with Gasteiger partial charge in [-0.1, -0.05) is 133 Å². The molecule has 0 aliphatic heterocycles. The molecule has 0 radical (unpaired) electrons. The van der Waals surface area contributed by atoms with Gasteiger partial charge in [-0.2, -0.15) is 4.37 Å². The van der Waals surface area contributed by atoms with Gasteiger partial charge in [-0.05, 0) is 118 Å². The second kappa shape index (κ2) is 15.1. The lowest BCUT2D eigenvalue weighted by molar-refractivity contribution is 1.27. The highest BCUT2D eigenvalue weighted by Gasteiger charge is 2.19. The van der Waals surface area contributed by atoms with E-state index in [4.69, 9.17) is 9.36 Å². The van der Waals surface area contributed by atoms with Gasteiger partial charge in [-0.3, -0.25) is 0 Å². The van der Waals surface area contributed by atoms with E-state index in [9.17, 15) is 0 Å². The van der Waals surface area contributed by atoms with Gasteiger partial charge in [-0.15, -0.1) is 0 Å². The van der Waals surface area contributed by atoms with Crippen LogP contribution in [0.3, 0.4) is 0 Å². The first-order valence-electron chi connectivity index (χ1n) is 19.1. The van der Waals surface area contributed by atoms with Gasteiger partial charge >= 0.3 is 0 Å². The minimum atomic E-state index is 0.719. The number of rotatable bonds is 9. The summed E-state index contributed by atoms with van der Waals surface area (Å²) in [5.74, 6) is 0.719. The average Bonchev–Trinajstić information content (AvgIpc) is 3.79. The molecule has 5 heteroatoms. The Morgan fingerprint density at radius 1 is 0.333 bits per heavy atom. The lowest BCUT2D eigenvalue weighted by Crippen LogP contribution is -2.11. The van der Waals surface area contributed by atoms with Gasteiger partial charge in [0.15, 0.2) is 5.82 Å². The molecule has 57 heavy (non-hydrogen) atoms. The number of hydrogen-bond acceptors (Lipinski definition) is 5. The van der Waals surface area contributed by atoms with Crippen molar-refractivity contribution in [3.05, 3.63) is 218 Å². The van der Waals surface area contributed by atoms with Gasteiger partial charge in [0.1, 0.15) is 5.01 Å². The number of nitrogens with zero attached hydrogens (tertiary/aromatic N) is 4. The van der Waals surface area contributed by atoms with Crippen LogP contribution >= 0.6 is 11.5 Å². The summed E-state index contributed by atoms with van der Waals surface area (Å²) >= 11 is 1.43. The summed E-state index contributed by atoms with van der Waals surface area (Å²) in [6.07, 6.45) is 0. The summed E-state index contributed by atoms with van der Waals surface area (Å²) in [6, 6.07) is 77.2. The van der Waals surface area contributed by atoms with Crippen LogP contribution in [0, 0.1) is 0 Å². The minimum absolute atomic E-state index is 0.719. The van der Waals surface area contributed by atoms with Crippen LogP contribution in [0.15, 0.2) is 218 Å². The number of anilines is 6. The molecule has 0 fully saturated rings. The first-order valence-corrected chi connectivity index (χ1v) is 19.9. The Bertz CT molecular complexity index is 2870. The van der Waals surface area contributed by atoms with Gasteiger partial charge in [0.25, 0.3) is 0 Å². The largest absolute Gasteiger partial charge is 0.310 e. The van der Waals surface area contributed by atoms with E-state index in [-0.39, 0.29) is 0 Å². The molecule has 0 N–H and O–H groups in total. The topological polar surface area (TPSA) is 32.3 Å². The SMILES string of the molecule is c1ccc(-c2cccc(N(c3ccccc3)c3ccc(-c4nsc(-c5ccc(N(c6cccc7ccccc67)c6cccc7ccccc67)cc5)n4)cc3)c2)cc1. The second-order valence-electron chi connectivity index (χ2n) is 13.9. The fourth-order valence-corrected chi connectivity index (χ4v) is 8.35. The van der Waals surface area contributed by atoms with E-state index in [1.165, 1.54) is 44.2 Å². The molecule has 0 bridgehead atoms. The number of benzene rings is 9. The Morgan fingerprint density at radius 3 is 1.46 bits per heavy atom. The predicted molar refractivity (Wildman–Crippen MR) is 241 cm³/mol. The van der Waals surface area contributed by atoms with Gasteiger partial charge in [-0.25, -0.2) is 4.98 Å². The molecule has 1 heterocycles. The van der Waals surface area contributed by atoms with E-state index in [2.05, 4.69) is 228 Å². The summed E-state index contributed by atoms with van der Waals surface area (Å²) in [4.78, 5) is 9.70. The zero-order valence-electron chi connectivity index (χ0n) is 31.0. The minimum Gasteiger partial charge on any atom is -0.310 e. The van der Waals surface area contributed by atoms with Crippen molar-refractivity contribution >= 4 is 67.2 Å². The zero-order valence-corrected chi connectivity index (χ0v) is 31.8. The number of aromatic nitrogens is 2. The van der Waals surface area contributed by atoms with E-state index < -0.39 is 0 Å². The highest BCUT2D eigenvalue weighted by atomic mass is 32.1. The molecule has 0 saturated carbocycles. The molecule has 0 atom stereocenters. The van der Waals surface area contributed by atoms with Crippen molar-refractivity contribution in [3.63, 3.8) is 0 Å². The third kappa shape index (κ3) is 6.71. The van der Waals surface area contributed by atoms with E-state index >= 15 is 0 Å². The van der Waals surface area contributed by atoms with Gasteiger partial charge in [0.2, 0.25) is 0 Å². The van der Waals surface area contributed by atoms with Crippen LogP contribution in [0.1, 0.15) is 0 Å². The molecule has 9 aromatic carbocycles. The summed E-state index contributed by atoms with van der Waals surface area (Å²) in [6.45, 7) is 0. The van der Waals surface area contributed by atoms with Crippen LogP contribution in [0.4, 0.5) is 34.1 Å². The smallest absolute Gasteiger partial charge is 0.173 e. The molecule has 0 spiro atoms. The quantitative estimate of drug-likeness (QED) is 0.147. The maximum atomic E-state index is 5.04. The standard InChI is InChI=1S/C52H36N4S/c1-3-14-37(15-4-1)42-20-11-23-46(36-42)55(43-21-5-2-6-22-43)44-32-28-40(29-33-44)51-53-52(57-54-51)41-30-34-45(35-31-41)56(49-26-12-18-38-16-7-9-24-47(38)49)50-27-13-19-39-17-8-10-25-48(39)50/h1-36H. The summed E-state index contributed by atoms with van der Waals surface area (Å²) < 4.78 is 4.83. The van der Waals surface area contributed by atoms with Crippen LogP contribution in [-0.4, -0.2) is 9.36 Å². The molecule has 0 unspecified atom stereocenters. The van der Waals surface area contributed by atoms with Crippen LogP contribution in [-0.2, 0) is 0 Å². The maximum absolute atomic E-state index is 5.04. The van der Waals surface area contributed by atoms with Crippen LogP contribution in [0.25, 0.3) is 54.6 Å². The molecule has 10 rings (SSSR count). The Balaban J connectivity index is 0.964. The van der Waals surface area contributed by atoms with Crippen molar-refractivity contribution in [2.24, 2.45) is 0 Å². The molecular weight excluding hydrogens is 713 g/mol. The van der Waals surface area contributed by atoms with Crippen molar-refractivity contribution in [2.45, 2.75) is 0 Å². The van der Waals surface area contributed by atoms with Gasteiger partial charge in [0, 0.05) is 44.6 Å². The fraction of sp³-hybridized carbons (Fsp3) is 0. The highest BCUT2D eigenvalue weighted by molar-refractivity contribution is 7.09. The molecule has 10 aromatic rings. The average molecular weight is 749 g/mol. The lowest BCUT2D eigenvalue weighted by Gasteiger charge is -2.28. The van der Waals surface area contributed by atoms with Gasteiger partial charge in [0.05, 0.1) is 11.4 Å². The van der Waals surface area contributed by atoms with E-state index in [1.54, 1.807) is 0 Å². The Morgan fingerprint density at radius 2 is 0.807 bits per heavy atom. The van der Waals surface area contributed by atoms with Crippen molar-refractivity contribution < 1.29 is 0 Å². The van der Waals surface area contributed by atoms with Crippen LogP contribution < -0.4 is 9.80 Å². The second-order valence-corrected chi connectivity index (χ2v) is 14.7. The van der Waals surface area contributed by atoms with Crippen molar-refractivity contribution in [1.29, 1.82) is 0 Å². The third-order valence-electron chi connectivity index (χ3n) is 10.4. The van der Waals surface area contributed by atoms with Gasteiger partial charge < -0.3 is 9.80 Å². The number of hydrogen-bond donors (Lipinski definition) is 0. The molecular formula is C52H36N4S. The third-order valence-corrected chi connectivity index (χ3v) is 11.2. The normalized spacial score (nSPS) is 11.2. The van der Waals surface area contributed by atoms with E-state index in [0.717, 1.165) is 56.1 Å². The van der Waals surface area contributed by atoms with Crippen molar-refractivity contribution in [3.8, 4) is 33.1 Å². The summed E-state index contributed by atoms with van der Waals surface area (Å²) in [7, 11) is 0. The monoisotopic (exact) mass is 748 g/mol. The van der Waals surface area contributed by atoms with Crippen molar-refractivity contribution in [1.82, 2.24) is 9.36 Å². The van der Waals surface area contributed by atoms with E-state index in [1.807, 2.05) is 0 Å².